The Morgan fingerprint density at radius 2 is 1.83 bits per heavy atom. The van der Waals surface area contributed by atoms with Crippen LogP contribution >= 0.6 is 0 Å². The van der Waals surface area contributed by atoms with Crippen molar-refractivity contribution in [2.75, 3.05) is 51.9 Å². The molecule has 0 spiro atoms. The van der Waals surface area contributed by atoms with E-state index in [1.807, 2.05) is 67.3 Å². The standard InChI is InChI=1S/C31H34N6O4/c1-31(2,40-4)21-41-25-16-26(28-24(17-32)19-34-37(28)20-25)23-10-11-27(33-18-23)35-12-14-36(15-13-35)30(38)29(39-3)22-8-6-5-7-9-22/h5-11,16,18-20,29H,12-15,21H2,1-4H3. The maximum absolute atomic E-state index is 13.2. The first kappa shape index (κ1) is 28.1. The number of fused-ring (bicyclic) bond motifs is 1. The molecule has 3 aromatic heterocycles. The van der Waals surface area contributed by atoms with Gasteiger partial charge in [0.2, 0.25) is 0 Å². The fourth-order valence-corrected chi connectivity index (χ4v) is 4.86. The summed E-state index contributed by atoms with van der Waals surface area (Å²) in [5.41, 5.74) is 3.20. The molecule has 10 heteroatoms. The van der Waals surface area contributed by atoms with Crippen LogP contribution < -0.4 is 9.64 Å². The molecule has 1 unspecified atom stereocenters. The van der Waals surface area contributed by atoms with E-state index in [0.717, 1.165) is 22.5 Å². The summed E-state index contributed by atoms with van der Waals surface area (Å²) in [6.07, 6.45) is 4.50. The van der Waals surface area contributed by atoms with Crippen LogP contribution in [0.5, 0.6) is 5.75 Å². The number of amides is 1. The molecule has 0 radical (unpaired) electrons. The van der Waals surface area contributed by atoms with Crippen molar-refractivity contribution in [1.82, 2.24) is 19.5 Å². The van der Waals surface area contributed by atoms with Crippen molar-refractivity contribution in [2.45, 2.75) is 25.6 Å². The minimum Gasteiger partial charge on any atom is -0.489 e. The molecular weight excluding hydrogens is 520 g/mol. The fraction of sp³-hybridized carbons (Fsp3) is 0.355. The van der Waals surface area contributed by atoms with Gasteiger partial charge in [0.1, 0.15) is 24.2 Å². The Kier molecular flexibility index (Phi) is 8.19. The van der Waals surface area contributed by atoms with Crippen molar-refractivity contribution < 1.29 is 19.0 Å². The Bertz CT molecular complexity index is 1540. The van der Waals surface area contributed by atoms with Crippen LogP contribution in [0.1, 0.15) is 31.1 Å². The van der Waals surface area contributed by atoms with E-state index in [4.69, 9.17) is 19.2 Å². The van der Waals surface area contributed by atoms with Crippen LogP contribution in [-0.2, 0) is 14.3 Å². The minimum absolute atomic E-state index is 0.0317. The van der Waals surface area contributed by atoms with Crippen molar-refractivity contribution in [3.05, 3.63) is 78.2 Å². The van der Waals surface area contributed by atoms with Gasteiger partial charge < -0.3 is 24.0 Å². The number of anilines is 1. The third-order valence-electron chi connectivity index (χ3n) is 7.38. The van der Waals surface area contributed by atoms with Crippen molar-refractivity contribution in [1.29, 1.82) is 5.26 Å². The number of nitriles is 1. The summed E-state index contributed by atoms with van der Waals surface area (Å²) < 4.78 is 18.7. The molecule has 4 aromatic rings. The molecule has 0 aliphatic carbocycles. The van der Waals surface area contributed by atoms with Gasteiger partial charge in [-0.15, -0.1) is 0 Å². The molecular formula is C31H34N6O4. The Morgan fingerprint density at radius 1 is 1.07 bits per heavy atom. The Balaban J connectivity index is 1.32. The Labute approximate surface area is 239 Å². The van der Waals surface area contributed by atoms with E-state index in [1.54, 1.807) is 37.3 Å². The fourth-order valence-electron chi connectivity index (χ4n) is 4.86. The monoisotopic (exact) mass is 554 g/mol. The lowest BCUT2D eigenvalue weighted by Gasteiger charge is -2.36. The smallest absolute Gasteiger partial charge is 0.256 e. The number of carbonyl (C=O) groups is 1. The van der Waals surface area contributed by atoms with Crippen LogP contribution in [0.4, 0.5) is 5.82 Å². The summed E-state index contributed by atoms with van der Waals surface area (Å²) in [6, 6.07) is 17.7. The number of methoxy groups -OCH3 is 2. The molecule has 212 valence electrons. The summed E-state index contributed by atoms with van der Waals surface area (Å²) in [6.45, 7) is 6.73. The molecule has 4 heterocycles. The first-order valence-corrected chi connectivity index (χ1v) is 13.5. The Hall–Kier alpha value is -4.46. The number of benzene rings is 1. The lowest BCUT2D eigenvalue weighted by molar-refractivity contribution is -0.142. The van der Waals surface area contributed by atoms with Gasteiger partial charge >= 0.3 is 0 Å². The number of carbonyl (C=O) groups excluding carboxylic acids is 1. The van der Waals surface area contributed by atoms with Gasteiger partial charge in [-0.25, -0.2) is 9.50 Å². The third-order valence-corrected chi connectivity index (χ3v) is 7.38. The highest BCUT2D eigenvalue weighted by Crippen LogP contribution is 2.32. The molecule has 1 fully saturated rings. The molecule has 5 rings (SSSR count). The van der Waals surface area contributed by atoms with E-state index in [2.05, 4.69) is 16.1 Å². The average Bonchev–Trinajstić information content (AvgIpc) is 3.44. The number of piperazine rings is 1. The lowest BCUT2D eigenvalue weighted by Crippen LogP contribution is -2.50. The van der Waals surface area contributed by atoms with Crippen LogP contribution in [-0.4, -0.2) is 78.0 Å². The zero-order chi connectivity index (χ0) is 29.0. The van der Waals surface area contributed by atoms with Gasteiger partial charge in [-0.3, -0.25) is 4.79 Å². The highest BCUT2D eigenvalue weighted by atomic mass is 16.5. The molecule has 0 saturated carbocycles. The highest BCUT2D eigenvalue weighted by molar-refractivity contribution is 5.85. The normalized spacial score (nSPS) is 14.6. The van der Waals surface area contributed by atoms with Crippen molar-refractivity contribution in [3.63, 3.8) is 0 Å². The average molecular weight is 555 g/mol. The minimum atomic E-state index is -0.612. The van der Waals surface area contributed by atoms with Crippen molar-refractivity contribution in [3.8, 4) is 22.9 Å². The maximum Gasteiger partial charge on any atom is 0.256 e. The first-order valence-electron chi connectivity index (χ1n) is 13.5. The van der Waals surface area contributed by atoms with E-state index >= 15 is 0 Å². The van der Waals surface area contributed by atoms with Gasteiger partial charge in [0, 0.05) is 57.7 Å². The molecule has 1 aromatic carbocycles. The predicted octanol–water partition coefficient (Wildman–Crippen LogP) is 4.11. The van der Waals surface area contributed by atoms with Gasteiger partial charge in [-0.2, -0.15) is 10.4 Å². The predicted molar refractivity (Wildman–Crippen MR) is 155 cm³/mol. The number of nitrogens with zero attached hydrogens (tertiary/aromatic N) is 6. The molecule has 1 amide bonds. The second kappa shape index (κ2) is 12.0. The molecule has 1 aliphatic heterocycles. The number of ether oxygens (including phenoxy) is 3. The van der Waals surface area contributed by atoms with Gasteiger partial charge in [-0.05, 0) is 37.6 Å². The van der Waals surface area contributed by atoms with Crippen LogP contribution in [0.15, 0.2) is 67.1 Å². The van der Waals surface area contributed by atoms with Crippen LogP contribution in [0.2, 0.25) is 0 Å². The van der Waals surface area contributed by atoms with Crippen molar-refractivity contribution in [2.24, 2.45) is 0 Å². The molecule has 1 aliphatic rings. The van der Waals surface area contributed by atoms with Gasteiger partial charge in [0.05, 0.1) is 29.1 Å². The van der Waals surface area contributed by atoms with Gasteiger partial charge in [-0.1, -0.05) is 30.3 Å². The summed E-state index contributed by atoms with van der Waals surface area (Å²) in [5, 5.41) is 14.1. The third kappa shape index (κ3) is 6.01. The molecule has 41 heavy (non-hydrogen) atoms. The Morgan fingerprint density at radius 3 is 2.46 bits per heavy atom. The number of rotatable bonds is 9. The molecule has 10 nitrogen and oxygen atoms in total. The highest BCUT2D eigenvalue weighted by Gasteiger charge is 2.29. The van der Waals surface area contributed by atoms with E-state index < -0.39 is 11.7 Å². The van der Waals surface area contributed by atoms with Gasteiger partial charge in [0.15, 0.2) is 6.10 Å². The van der Waals surface area contributed by atoms with Gasteiger partial charge in [0.25, 0.3) is 5.91 Å². The number of aromatic nitrogens is 3. The zero-order valence-corrected chi connectivity index (χ0v) is 23.8. The maximum atomic E-state index is 13.2. The van der Waals surface area contributed by atoms with E-state index in [9.17, 15) is 10.1 Å². The summed E-state index contributed by atoms with van der Waals surface area (Å²) in [4.78, 5) is 21.9. The first-order chi connectivity index (χ1) is 19.8. The second-order valence-corrected chi connectivity index (χ2v) is 10.5. The largest absolute Gasteiger partial charge is 0.489 e. The lowest BCUT2D eigenvalue weighted by atomic mass is 10.0. The SMILES string of the molecule is COC(C(=O)N1CCN(c2ccc(-c3cc(OCC(C)(C)OC)cn4ncc(C#N)c34)cn2)CC1)c1ccccc1. The second-order valence-electron chi connectivity index (χ2n) is 10.5. The van der Waals surface area contributed by atoms with Crippen LogP contribution in [0.25, 0.3) is 16.6 Å². The quantitative estimate of drug-likeness (QED) is 0.305. The van der Waals surface area contributed by atoms with Crippen molar-refractivity contribution >= 4 is 17.2 Å². The van der Waals surface area contributed by atoms with E-state index in [0.29, 0.717) is 49.6 Å². The number of hydrogen-bond acceptors (Lipinski definition) is 8. The summed E-state index contributed by atoms with van der Waals surface area (Å²) in [5.74, 6) is 1.40. The molecule has 0 N–H and O–H groups in total. The van der Waals surface area contributed by atoms with Crippen LogP contribution in [0.3, 0.4) is 0 Å². The summed E-state index contributed by atoms with van der Waals surface area (Å²) in [7, 11) is 3.22. The number of pyridine rings is 2. The topological polar surface area (TPSA) is 105 Å². The number of hydrogen-bond donors (Lipinski definition) is 0. The summed E-state index contributed by atoms with van der Waals surface area (Å²) >= 11 is 0. The van der Waals surface area contributed by atoms with E-state index in [1.165, 1.54) is 0 Å². The molecule has 0 bridgehead atoms. The molecule has 1 saturated heterocycles. The van der Waals surface area contributed by atoms with Crippen LogP contribution in [0, 0.1) is 11.3 Å². The molecule has 1 atom stereocenters. The zero-order valence-electron chi connectivity index (χ0n) is 23.8. The van der Waals surface area contributed by atoms with E-state index in [-0.39, 0.29) is 5.91 Å².